The molecule has 4 nitrogen and oxygen atoms in total. The lowest BCUT2D eigenvalue weighted by molar-refractivity contribution is 0.00512. The summed E-state index contributed by atoms with van der Waals surface area (Å²) in [6.07, 6.45) is 1.72. The molecule has 2 N–H and O–H groups in total. The van der Waals surface area contributed by atoms with E-state index < -0.39 is 11.6 Å². The molecule has 1 aliphatic carbocycles. The maximum atomic E-state index is 13.2. The van der Waals surface area contributed by atoms with Crippen LogP contribution in [0.4, 0.5) is 8.78 Å². The van der Waals surface area contributed by atoms with E-state index in [1.807, 2.05) is 11.8 Å². The van der Waals surface area contributed by atoms with Crippen molar-refractivity contribution in [1.29, 1.82) is 0 Å². The summed E-state index contributed by atoms with van der Waals surface area (Å²) in [5.74, 6) is -0.341. The molecule has 0 bridgehead atoms. The Balaban J connectivity index is 1.57. The van der Waals surface area contributed by atoms with Crippen LogP contribution in [0.5, 0.6) is 0 Å². The van der Waals surface area contributed by atoms with Gasteiger partial charge in [-0.05, 0) is 43.4 Å². The Bertz CT molecular complexity index is 552. The van der Waals surface area contributed by atoms with Crippen molar-refractivity contribution in [1.82, 2.24) is 4.90 Å². The van der Waals surface area contributed by atoms with Gasteiger partial charge in [-0.15, -0.1) is 0 Å². The Morgan fingerprint density at radius 3 is 2.59 bits per heavy atom. The highest BCUT2D eigenvalue weighted by Crippen LogP contribution is 2.39. The van der Waals surface area contributed by atoms with Gasteiger partial charge < -0.3 is 15.4 Å². The fraction of sp³-hybridized carbons (Fsp3) is 0.562. The SMILES string of the molecule is CC1CN(C(N)=NC2CC(c3cc(F)cc(F)c3)C2)CCO1. The van der Waals surface area contributed by atoms with E-state index in [1.54, 1.807) is 0 Å². The number of ether oxygens (including phenoxy) is 1. The number of guanidine groups is 1. The molecule has 1 heterocycles. The first-order valence-electron chi connectivity index (χ1n) is 7.67. The number of hydrogen-bond donors (Lipinski definition) is 1. The Labute approximate surface area is 129 Å². The number of aliphatic imine (C=N–C) groups is 1. The van der Waals surface area contributed by atoms with E-state index in [-0.39, 0.29) is 18.1 Å². The third-order valence-corrected chi connectivity index (χ3v) is 4.35. The predicted molar refractivity (Wildman–Crippen MR) is 80.7 cm³/mol. The molecular weight excluding hydrogens is 288 g/mol. The average molecular weight is 309 g/mol. The fourth-order valence-corrected chi connectivity index (χ4v) is 3.07. The van der Waals surface area contributed by atoms with E-state index in [2.05, 4.69) is 4.99 Å². The first-order valence-corrected chi connectivity index (χ1v) is 7.67. The Kier molecular flexibility index (Phi) is 4.29. The summed E-state index contributed by atoms with van der Waals surface area (Å²) in [5.41, 5.74) is 6.76. The molecule has 1 aromatic rings. The minimum atomic E-state index is -0.524. The van der Waals surface area contributed by atoms with E-state index in [9.17, 15) is 8.78 Å². The predicted octanol–water partition coefficient (Wildman–Crippen LogP) is 2.25. The zero-order valence-corrected chi connectivity index (χ0v) is 12.6. The molecule has 3 rings (SSSR count). The molecule has 1 aromatic carbocycles. The normalized spacial score (nSPS) is 29.3. The minimum Gasteiger partial charge on any atom is -0.375 e. The summed E-state index contributed by atoms with van der Waals surface area (Å²) in [4.78, 5) is 6.57. The van der Waals surface area contributed by atoms with Crippen LogP contribution in [-0.4, -0.2) is 42.7 Å². The number of nitrogens with zero attached hydrogens (tertiary/aromatic N) is 2. The molecule has 120 valence electrons. The van der Waals surface area contributed by atoms with Gasteiger partial charge in [0.1, 0.15) is 11.6 Å². The van der Waals surface area contributed by atoms with Gasteiger partial charge in [0.2, 0.25) is 0 Å². The van der Waals surface area contributed by atoms with Crippen molar-refractivity contribution >= 4 is 5.96 Å². The number of rotatable bonds is 2. The van der Waals surface area contributed by atoms with Gasteiger partial charge in [-0.3, -0.25) is 0 Å². The molecule has 0 radical (unpaired) electrons. The van der Waals surface area contributed by atoms with Crippen LogP contribution in [0.2, 0.25) is 0 Å². The average Bonchev–Trinajstić information content (AvgIpc) is 2.41. The van der Waals surface area contributed by atoms with Crippen LogP contribution in [0, 0.1) is 11.6 Å². The third kappa shape index (κ3) is 3.38. The number of halogens is 2. The summed E-state index contributed by atoms with van der Waals surface area (Å²) in [5, 5.41) is 0. The molecule has 0 amide bonds. The molecule has 1 saturated heterocycles. The van der Waals surface area contributed by atoms with Crippen molar-refractivity contribution in [3.8, 4) is 0 Å². The molecule has 1 atom stereocenters. The quantitative estimate of drug-likeness (QED) is 0.673. The Morgan fingerprint density at radius 1 is 1.27 bits per heavy atom. The summed E-state index contributed by atoms with van der Waals surface area (Å²) in [7, 11) is 0. The molecule has 0 spiro atoms. The summed E-state index contributed by atoms with van der Waals surface area (Å²) in [6.45, 7) is 4.18. The lowest BCUT2D eigenvalue weighted by Gasteiger charge is -2.36. The van der Waals surface area contributed by atoms with Crippen molar-refractivity contribution in [2.75, 3.05) is 19.7 Å². The van der Waals surface area contributed by atoms with Crippen LogP contribution in [0.1, 0.15) is 31.2 Å². The fourth-order valence-electron chi connectivity index (χ4n) is 3.07. The zero-order chi connectivity index (χ0) is 15.7. The molecule has 22 heavy (non-hydrogen) atoms. The van der Waals surface area contributed by atoms with E-state index >= 15 is 0 Å². The molecule has 1 unspecified atom stereocenters. The molecule has 6 heteroatoms. The topological polar surface area (TPSA) is 50.8 Å². The second-order valence-electron chi connectivity index (χ2n) is 6.14. The summed E-state index contributed by atoms with van der Waals surface area (Å²) < 4.78 is 31.9. The van der Waals surface area contributed by atoms with Gasteiger partial charge in [0.25, 0.3) is 0 Å². The van der Waals surface area contributed by atoms with Gasteiger partial charge in [0.15, 0.2) is 5.96 Å². The van der Waals surface area contributed by atoms with Crippen LogP contribution in [-0.2, 0) is 4.74 Å². The smallest absolute Gasteiger partial charge is 0.191 e. The van der Waals surface area contributed by atoms with Crippen molar-refractivity contribution in [3.63, 3.8) is 0 Å². The van der Waals surface area contributed by atoms with E-state index in [0.29, 0.717) is 18.1 Å². The molecule has 2 fully saturated rings. The second-order valence-corrected chi connectivity index (χ2v) is 6.14. The van der Waals surface area contributed by atoms with Crippen molar-refractivity contribution < 1.29 is 13.5 Å². The molecule has 1 aliphatic heterocycles. The third-order valence-electron chi connectivity index (χ3n) is 4.35. The van der Waals surface area contributed by atoms with Crippen LogP contribution in [0.3, 0.4) is 0 Å². The monoisotopic (exact) mass is 309 g/mol. The lowest BCUT2D eigenvalue weighted by atomic mass is 9.76. The molecule has 1 saturated carbocycles. The van der Waals surface area contributed by atoms with Crippen LogP contribution in [0.25, 0.3) is 0 Å². The maximum Gasteiger partial charge on any atom is 0.191 e. The van der Waals surface area contributed by atoms with Gasteiger partial charge in [-0.25, -0.2) is 13.8 Å². The number of hydrogen-bond acceptors (Lipinski definition) is 2. The van der Waals surface area contributed by atoms with Gasteiger partial charge in [0, 0.05) is 19.2 Å². The van der Waals surface area contributed by atoms with Crippen LogP contribution >= 0.6 is 0 Å². The van der Waals surface area contributed by atoms with Gasteiger partial charge >= 0.3 is 0 Å². The van der Waals surface area contributed by atoms with Crippen molar-refractivity contribution in [2.24, 2.45) is 10.7 Å². The Hall–Kier alpha value is -1.69. The van der Waals surface area contributed by atoms with Crippen LogP contribution < -0.4 is 5.73 Å². The lowest BCUT2D eigenvalue weighted by Crippen LogP contribution is -2.48. The van der Waals surface area contributed by atoms with Gasteiger partial charge in [-0.1, -0.05) is 0 Å². The van der Waals surface area contributed by atoms with Gasteiger partial charge in [-0.2, -0.15) is 0 Å². The van der Waals surface area contributed by atoms with E-state index in [0.717, 1.165) is 32.0 Å². The second kappa shape index (κ2) is 6.20. The highest BCUT2D eigenvalue weighted by molar-refractivity contribution is 5.78. The standard InChI is InChI=1S/C16H21F2N3O/c1-10-9-21(2-3-22-10)16(19)20-15-6-12(7-15)11-4-13(17)8-14(18)5-11/h4-5,8,10,12,15H,2-3,6-7,9H2,1H3,(H2,19,20). The summed E-state index contributed by atoms with van der Waals surface area (Å²) >= 11 is 0. The van der Waals surface area contributed by atoms with E-state index in [1.165, 1.54) is 12.1 Å². The van der Waals surface area contributed by atoms with Crippen molar-refractivity contribution in [2.45, 2.75) is 37.8 Å². The first kappa shape index (κ1) is 15.2. The minimum absolute atomic E-state index is 0.134. The molecule has 0 aromatic heterocycles. The van der Waals surface area contributed by atoms with Gasteiger partial charge in [0.05, 0.1) is 18.8 Å². The largest absolute Gasteiger partial charge is 0.375 e. The Morgan fingerprint density at radius 2 is 1.95 bits per heavy atom. The molecular formula is C16H21F2N3O. The highest BCUT2D eigenvalue weighted by Gasteiger charge is 2.31. The maximum absolute atomic E-state index is 13.2. The highest BCUT2D eigenvalue weighted by atomic mass is 19.1. The number of benzene rings is 1. The van der Waals surface area contributed by atoms with E-state index in [4.69, 9.17) is 10.5 Å². The number of morpholine rings is 1. The van der Waals surface area contributed by atoms with Crippen LogP contribution in [0.15, 0.2) is 23.2 Å². The summed E-state index contributed by atoms with van der Waals surface area (Å²) in [6, 6.07) is 3.84. The van der Waals surface area contributed by atoms with Crippen molar-refractivity contribution in [3.05, 3.63) is 35.4 Å². The number of nitrogens with two attached hydrogens (primary N) is 1. The molecule has 2 aliphatic rings. The zero-order valence-electron chi connectivity index (χ0n) is 12.6. The first-order chi connectivity index (χ1) is 10.5.